The van der Waals surface area contributed by atoms with E-state index in [9.17, 15) is 14.7 Å². The molecule has 1 aliphatic rings. The Labute approximate surface area is 157 Å². The number of amides is 1. The number of nitrogens with zero attached hydrogens (tertiary/aromatic N) is 4. The van der Waals surface area contributed by atoms with E-state index in [1.807, 2.05) is 32.0 Å². The molecular formula is C19H24N4O4. The molecule has 1 unspecified atom stereocenters. The summed E-state index contributed by atoms with van der Waals surface area (Å²) < 4.78 is 7.46. The number of benzene rings is 1. The maximum Gasteiger partial charge on any atom is 0.328 e. The van der Waals surface area contributed by atoms with Crippen LogP contribution in [-0.2, 0) is 22.7 Å². The van der Waals surface area contributed by atoms with Crippen LogP contribution in [0.25, 0.3) is 0 Å². The van der Waals surface area contributed by atoms with Gasteiger partial charge < -0.3 is 19.3 Å². The number of carbonyl (C=O) groups excluding carboxylic acids is 1. The second kappa shape index (κ2) is 7.77. The van der Waals surface area contributed by atoms with Crippen LogP contribution in [0.15, 0.2) is 18.2 Å². The summed E-state index contributed by atoms with van der Waals surface area (Å²) in [6.45, 7) is 6.57. The summed E-state index contributed by atoms with van der Waals surface area (Å²) in [5.74, 6) is 0.817. The molecule has 1 N–H and O–H groups in total. The van der Waals surface area contributed by atoms with E-state index in [0.717, 1.165) is 11.3 Å². The number of carboxylic acid groups (broad SMARTS) is 1. The number of aromatic nitrogens is 3. The first kappa shape index (κ1) is 18.9. The Morgan fingerprint density at radius 3 is 2.70 bits per heavy atom. The third kappa shape index (κ3) is 4.10. The number of aryl methyl sites for hydroxylation is 3. The van der Waals surface area contributed by atoms with Crippen LogP contribution in [0.3, 0.4) is 0 Å². The van der Waals surface area contributed by atoms with Crippen molar-refractivity contribution in [3.05, 3.63) is 41.0 Å². The van der Waals surface area contributed by atoms with Crippen LogP contribution >= 0.6 is 0 Å². The Hall–Kier alpha value is -2.90. The van der Waals surface area contributed by atoms with Gasteiger partial charge in [0.25, 0.3) is 0 Å². The molecule has 1 aromatic heterocycles. The van der Waals surface area contributed by atoms with Crippen molar-refractivity contribution in [3.8, 4) is 5.75 Å². The first-order valence-electron chi connectivity index (χ1n) is 8.98. The molecular weight excluding hydrogens is 348 g/mol. The van der Waals surface area contributed by atoms with Gasteiger partial charge in [0.05, 0.1) is 19.7 Å². The van der Waals surface area contributed by atoms with Gasteiger partial charge in [-0.25, -0.2) is 4.79 Å². The van der Waals surface area contributed by atoms with Gasteiger partial charge in [0.2, 0.25) is 5.91 Å². The fourth-order valence-electron chi connectivity index (χ4n) is 3.15. The Kier molecular flexibility index (Phi) is 5.43. The molecule has 0 aliphatic carbocycles. The molecule has 0 fully saturated rings. The number of aliphatic carboxylic acids is 1. The van der Waals surface area contributed by atoms with E-state index in [2.05, 4.69) is 10.2 Å². The highest BCUT2D eigenvalue weighted by atomic mass is 16.5. The summed E-state index contributed by atoms with van der Waals surface area (Å²) in [7, 11) is 0. The molecule has 2 aromatic rings. The van der Waals surface area contributed by atoms with Gasteiger partial charge in [-0.2, -0.15) is 0 Å². The average Bonchev–Trinajstić information content (AvgIpc) is 3.00. The highest BCUT2D eigenvalue weighted by Gasteiger charge is 2.35. The van der Waals surface area contributed by atoms with E-state index in [-0.39, 0.29) is 25.4 Å². The van der Waals surface area contributed by atoms with Crippen LogP contribution in [0.4, 0.5) is 0 Å². The summed E-state index contributed by atoms with van der Waals surface area (Å²) in [5.41, 5.74) is 2.35. The number of carbonyl (C=O) groups is 2. The molecule has 27 heavy (non-hydrogen) atoms. The monoisotopic (exact) mass is 372 g/mol. The Morgan fingerprint density at radius 1 is 1.22 bits per heavy atom. The minimum absolute atomic E-state index is 0.161. The van der Waals surface area contributed by atoms with Crippen LogP contribution in [0, 0.1) is 20.8 Å². The van der Waals surface area contributed by atoms with Crippen molar-refractivity contribution in [2.45, 2.75) is 52.7 Å². The molecule has 1 atom stereocenters. The lowest BCUT2D eigenvalue weighted by Crippen LogP contribution is -2.50. The fraction of sp³-hybridized carbons (Fsp3) is 0.474. The third-order valence-electron chi connectivity index (χ3n) is 4.94. The fourth-order valence-corrected chi connectivity index (χ4v) is 3.15. The number of ether oxygens (including phenoxy) is 1. The minimum Gasteiger partial charge on any atom is -0.494 e. The Bertz CT molecular complexity index is 861. The van der Waals surface area contributed by atoms with Gasteiger partial charge in [-0.05, 0) is 50.5 Å². The van der Waals surface area contributed by atoms with Crippen LogP contribution < -0.4 is 4.74 Å². The zero-order valence-electron chi connectivity index (χ0n) is 15.8. The molecule has 1 amide bonds. The number of fused-ring (bicyclic) bond motifs is 1. The molecule has 2 heterocycles. The second-order valence-corrected chi connectivity index (χ2v) is 6.85. The summed E-state index contributed by atoms with van der Waals surface area (Å²) in [4.78, 5) is 25.6. The lowest BCUT2D eigenvalue weighted by Gasteiger charge is -2.33. The van der Waals surface area contributed by atoms with Gasteiger partial charge in [-0.15, -0.1) is 10.2 Å². The van der Waals surface area contributed by atoms with Gasteiger partial charge in [0.15, 0.2) is 5.82 Å². The molecule has 1 aromatic carbocycles. The van der Waals surface area contributed by atoms with Crippen molar-refractivity contribution in [1.29, 1.82) is 0 Å². The van der Waals surface area contributed by atoms with E-state index < -0.39 is 12.0 Å². The van der Waals surface area contributed by atoms with Gasteiger partial charge in [-0.1, -0.05) is 6.07 Å². The lowest BCUT2D eigenvalue weighted by molar-refractivity contribution is -0.152. The van der Waals surface area contributed by atoms with Crippen molar-refractivity contribution in [1.82, 2.24) is 19.7 Å². The quantitative estimate of drug-likeness (QED) is 0.778. The summed E-state index contributed by atoms with van der Waals surface area (Å²) in [5, 5.41) is 17.5. The first-order chi connectivity index (χ1) is 12.9. The molecule has 144 valence electrons. The molecule has 3 rings (SSSR count). The van der Waals surface area contributed by atoms with Crippen molar-refractivity contribution in [3.63, 3.8) is 0 Å². The molecule has 0 saturated carbocycles. The van der Waals surface area contributed by atoms with Crippen LogP contribution in [0.5, 0.6) is 5.75 Å². The number of hydrogen-bond acceptors (Lipinski definition) is 5. The normalized spacial score (nSPS) is 16.1. The van der Waals surface area contributed by atoms with E-state index in [4.69, 9.17) is 4.74 Å². The van der Waals surface area contributed by atoms with Gasteiger partial charge in [0, 0.05) is 6.42 Å². The zero-order valence-corrected chi connectivity index (χ0v) is 15.8. The second-order valence-electron chi connectivity index (χ2n) is 6.85. The Morgan fingerprint density at radius 2 is 2.00 bits per heavy atom. The lowest BCUT2D eigenvalue weighted by atomic mass is 10.1. The first-order valence-corrected chi connectivity index (χ1v) is 8.98. The van der Waals surface area contributed by atoms with E-state index >= 15 is 0 Å². The van der Waals surface area contributed by atoms with Gasteiger partial charge in [0.1, 0.15) is 17.6 Å². The highest BCUT2D eigenvalue weighted by Crippen LogP contribution is 2.20. The van der Waals surface area contributed by atoms with Crippen LogP contribution in [0.2, 0.25) is 0 Å². The van der Waals surface area contributed by atoms with Crippen LogP contribution in [-0.4, -0.2) is 49.3 Å². The zero-order chi connectivity index (χ0) is 19.6. The molecule has 0 bridgehead atoms. The predicted molar refractivity (Wildman–Crippen MR) is 97.4 cm³/mol. The molecule has 8 nitrogen and oxygen atoms in total. The summed E-state index contributed by atoms with van der Waals surface area (Å²) >= 11 is 0. The molecule has 0 radical (unpaired) electrons. The maximum atomic E-state index is 12.6. The highest BCUT2D eigenvalue weighted by molar-refractivity contribution is 5.83. The molecule has 0 saturated heterocycles. The van der Waals surface area contributed by atoms with E-state index in [0.29, 0.717) is 24.7 Å². The van der Waals surface area contributed by atoms with Gasteiger partial charge >= 0.3 is 5.97 Å². The average molecular weight is 372 g/mol. The molecule has 8 heteroatoms. The smallest absolute Gasteiger partial charge is 0.328 e. The largest absolute Gasteiger partial charge is 0.494 e. The number of hydrogen-bond donors (Lipinski definition) is 1. The predicted octanol–water partition coefficient (Wildman–Crippen LogP) is 1.86. The topological polar surface area (TPSA) is 97.5 Å². The van der Waals surface area contributed by atoms with Crippen molar-refractivity contribution in [2.75, 3.05) is 6.61 Å². The molecule has 0 spiro atoms. The molecule has 1 aliphatic heterocycles. The minimum atomic E-state index is -1.02. The Balaban J connectivity index is 1.56. The van der Waals surface area contributed by atoms with Gasteiger partial charge in [-0.3, -0.25) is 4.79 Å². The maximum absolute atomic E-state index is 12.6. The summed E-state index contributed by atoms with van der Waals surface area (Å²) in [6, 6.07) is 4.97. The number of rotatable bonds is 6. The van der Waals surface area contributed by atoms with Crippen molar-refractivity contribution >= 4 is 11.9 Å². The standard InChI is InChI=1S/C19H24N4O4/c1-12-6-7-15(9-13(12)2)27-8-4-5-18(24)23-11-17-21-20-14(3)22(17)10-16(23)19(25)26/h6-7,9,16H,4-5,8,10-11H2,1-3H3,(H,25,26). The van der Waals surface area contributed by atoms with Crippen LogP contribution in [0.1, 0.15) is 35.6 Å². The van der Waals surface area contributed by atoms with Crippen molar-refractivity contribution < 1.29 is 19.4 Å². The SMILES string of the molecule is Cc1ccc(OCCCC(=O)N2Cc3nnc(C)n3CC2C(=O)O)cc1C. The third-order valence-corrected chi connectivity index (χ3v) is 4.94. The van der Waals surface area contributed by atoms with Crippen molar-refractivity contribution in [2.24, 2.45) is 0 Å². The number of carboxylic acids is 1. The summed E-state index contributed by atoms with van der Waals surface area (Å²) in [6.07, 6.45) is 0.738. The van der Waals surface area contributed by atoms with E-state index in [1.54, 1.807) is 11.5 Å². The van der Waals surface area contributed by atoms with E-state index in [1.165, 1.54) is 10.5 Å².